The molecule has 1 atom stereocenters. The highest BCUT2D eigenvalue weighted by Crippen LogP contribution is 2.28. The molecule has 0 saturated carbocycles. The second-order valence-corrected chi connectivity index (χ2v) is 6.66. The van der Waals surface area contributed by atoms with Crippen LogP contribution in [0.1, 0.15) is 31.3 Å². The number of nitrogens with one attached hydrogen (secondary N) is 1. The molecule has 114 valence electrons. The second-order valence-electron chi connectivity index (χ2n) is 5.34. The van der Waals surface area contributed by atoms with Crippen molar-refractivity contribution in [1.29, 1.82) is 0 Å². The molecule has 7 heteroatoms. The lowest BCUT2D eigenvalue weighted by Gasteiger charge is -2.18. The molecule has 0 fully saturated rings. The Morgan fingerprint density at radius 2 is 2.19 bits per heavy atom. The predicted molar refractivity (Wildman–Crippen MR) is 87.8 cm³/mol. The third kappa shape index (κ3) is 4.26. The minimum atomic E-state index is -0.120. The average molecular weight is 373 g/mol. The van der Waals surface area contributed by atoms with Crippen molar-refractivity contribution in [2.45, 2.75) is 32.9 Å². The summed E-state index contributed by atoms with van der Waals surface area (Å²) in [4.78, 5) is 4.34. The van der Waals surface area contributed by atoms with E-state index in [-0.39, 0.29) is 6.04 Å². The van der Waals surface area contributed by atoms with Gasteiger partial charge < -0.3 is 0 Å². The van der Waals surface area contributed by atoms with Crippen LogP contribution >= 0.6 is 27.5 Å². The molecule has 5 nitrogen and oxygen atoms in total. The molecule has 0 saturated heterocycles. The van der Waals surface area contributed by atoms with Crippen LogP contribution in [0.2, 0.25) is 5.02 Å². The number of halogens is 2. The number of hydrazine groups is 1. The van der Waals surface area contributed by atoms with E-state index in [9.17, 15) is 0 Å². The van der Waals surface area contributed by atoms with E-state index in [4.69, 9.17) is 17.4 Å². The largest absolute Gasteiger partial charge is 0.271 e. The Labute approximate surface area is 138 Å². The van der Waals surface area contributed by atoms with Gasteiger partial charge in [-0.05, 0) is 29.7 Å². The van der Waals surface area contributed by atoms with Crippen LogP contribution < -0.4 is 11.3 Å². The van der Waals surface area contributed by atoms with Crippen LogP contribution in [-0.2, 0) is 13.0 Å². The summed E-state index contributed by atoms with van der Waals surface area (Å²) in [5.74, 6) is 7.11. The van der Waals surface area contributed by atoms with E-state index >= 15 is 0 Å². The lowest BCUT2D eigenvalue weighted by Crippen LogP contribution is -2.31. The molecule has 0 amide bonds. The Balaban J connectivity index is 2.23. The molecule has 0 aliphatic rings. The smallest absolute Gasteiger partial charge is 0.138 e. The van der Waals surface area contributed by atoms with E-state index in [1.165, 1.54) is 0 Å². The Morgan fingerprint density at radius 3 is 2.86 bits per heavy atom. The van der Waals surface area contributed by atoms with Crippen molar-refractivity contribution in [3.05, 3.63) is 45.4 Å². The molecule has 1 unspecified atom stereocenters. The molecule has 1 aromatic carbocycles. The van der Waals surface area contributed by atoms with Crippen LogP contribution in [0.3, 0.4) is 0 Å². The normalized spacial score (nSPS) is 12.9. The van der Waals surface area contributed by atoms with E-state index in [1.807, 2.05) is 22.9 Å². The molecule has 0 radical (unpaired) electrons. The van der Waals surface area contributed by atoms with Gasteiger partial charge in [0.05, 0.1) is 6.04 Å². The van der Waals surface area contributed by atoms with E-state index < -0.39 is 0 Å². The first kappa shape index (κ1) is 16.4. The first-order valence-corrected chi connectivity index (χ1v) is 7.96. The third-order valence-corrected chi connectivity index (χ3v) is 3.99. The van der Waals surface area contributed by atoms with Crippen LogP contribution in [0.15, 0.2) is 29.0 Å². The van der Waals surface area contributed by atoms with Gasteiger partial charge in [-0.25, -0.2) is 9.67 Å². The molecule has 2 aromatic rings. The molecule has 1 heterocycles. The molecular formula is C14H19BrClN5. The topological polar surface area (TPSA) is 68.8 Å². The van der Waals surface area contributed by atoms with E-state index in [2.05, 4.69) is 45.3 Å². The van der Waals surface area contributed by atoms with E-state index in [0.29, 0.717) is 17.4 Å². The number of nitrogens with two attached hydrogens (primary N) is 1. The van der Waals surface area contributed by atoms with E-state index in [1.54, 1.807) is 6.33 Å². The molecule has 0 aliphatic heterocycles. The first-order valence-electron chi connectivity index (χ1n) is 6.79. The molecule has 2 rings (SSSR count). The molecule has 0 aliphatic carbocycles. The molecule has 21 heavy (non-hydrogen) atoms. The molecule has 1 aromatic heterocycles. The fraction of sp³-hybridized carbons (Fsp3) is 0.429. The fourth-order valence-corrected chi connectivity index (χ4v) is 2.80. The third-order valence-electron chi connectivity index (χ3n) is 3.16. The summed E-state index contributed by atoms with van der Waals surface area (Å²) < 4.78 is 2.88. The van der Waals surface area contributed by atoms with Crippen LogP contribution in [0.25, 0.3) is 0 Å². The lowest BCUT2D eigenvalue weighted by molar-refractivity contribution is 0.446. The summed E-state index contributed by atoms with van der Waals surface area (Å²) in [7, 11) is 0. The average Bonchev–Trinajstić information content (AvgIpc) is 2.85. The number of aromatic nitrogens is 3. The van der Waals surface area contributed by atoms with Crippen LogP contribution in [0.5, 0.6) is 0 Å². The summed E-state index contributed by atoms with van der Waals surface area (Å²) >= 11 is 9.73. The number of rotatable bonds is 6. The van der Waals surface area contributed by atoms with Crippen LogP contribution in [0, 0.1) is 5.92 Å². The number of hydrogen-bond donors (Lipinski definition) is 2. The maximum absolute atomic E-state index is 6.27. The highest BCUT2D eigenvalue weighted by molar-refractivity contribution is 9.10. The minimum Gasteiger partial charge on any atom is -0.271 e. The lowest BCUT2D eigenvalue weighted by atomic mass is 10.0. The monoisotopic (exact) mass is 371 g/mol. The van der Waals surface area contributed by atoms with Crippen molar-refractivity contribution in [2.24, 2.45) is 11.8 Å². The van der Waals surface area contributed by atoms with Gasteiger partial charge in [-0.15, -0.1) is 0 Å². The van der Waals surface area contributed by atoms with Crippen molar-refractivity contribution in [3.63, 3.8) is 0 Å². The zero-order valence-electron chi connectivity index (χ0n) is 12.1. The Morgan fingerprint density at radius 1 is 1.43 bits per heavy atom. The van der Waals surface area contributed by atoms with Crippen molar-refractivity contribution >= 4 is 27.5 Å². The summed E-state index contributed by atoms with van der Waals surface area (Å²) in [6.45, 7) is 5.13. The van der Waals surface area contributed by atoms with Gasteiger partial charge in [-0.2, -0.15) is 5.10 Å². The first-order chi connectivity index (χ1) is 10.0. The highest BCUT2D eigenvalue weighted by atomic mass is 79.9. The Hall–Kier alpha value is -0.950. The number of benzene rings is 1. The van der Waals surface area contributed by atoms with Gasteiger partial charge in [-0.1, -0.05) is 41.4 Å². The molecule has 0 bridgehead atoms. The van der Waals surface area contributed by atoms with Crippen molar-refractivity contribution in [2.75, 3.05) is 0 Å². The van der Waals surface area contributed by atoms with Crippen molar-refractivity contribution in [1.82, 2.24) is 20.2 Å². The zero-order valence-corrected chi connectivity index (χ0v) is 14.4. The van der Waals surface area contributed by atoms with Gasteiger partial charge in [-0.3, -0.25) is 11.3 Å². The maximum Gasteiger partial charge on any atom is 0.138 e. The van der Waals surface area contributed by atoms with Gasteiger partial charge in [0, 0.05) is 22.5 Å². The van der Waals surface area contributed by atoms with Gasteiger partial charge in [0.2, 0.25) is 0 Å². The quantitative estimate of drug-likeness (QED) is 0.604. The fourth-order valence-electron chi connectivity index (χ4n) is 2.17. The molecule has 3 N–H and O–H groups in total. The molecular weight excluding hydrogens is 354 g/mol. The minimum absolute atomic E-state index is 0.120. The Kier molecular flexibility index (Phi) is 5.75. The predicted octanol–water partition coefficient (Wildman–Crippen LogP) is 3.10. The summed E-state index contributed by atoms with van der Waals surface area (Å²) in [6.07, 6.45) is 2.20. The second kappa shape index (κ2) is 7.35. The van der Waals surface area contributed by atoms with Crippen LogP contribution in [-0.4, -0.2) is 14.8 Å². The maximum atomic E-state index is 6.27. The summed E-state index contributed by atoms with van der Waals surface area (Å²) in [6, 6.07) is 5.60. The molecule has 0 spiro atoms. The number of nitrogens with zero attached hydrogens (tertiary/aromatic N) is 3. The van der Waals surface area contributed by atoms with Gasteiger partial charge in [0.15, 0.2) is 0 Å². The van der Waals surface area contributed by atoms with Crippen molar-refractivity contribution < 1.29 is 0 Å². The number of hydrogen-bond acceptors (Lipinski definition) is 4. The van der Waals surface area contributed by atoms with Crippen molar-refractivity contribution in [3.8, 4) is 0 Å². The Bertz CT molecular complexity index is 599. The van der Waals surface area contributed by atoms with Gasteiger partial charge in [0.1, 0.15) is 12.2 Å². The summed E-state index contributed by atoms with van der Waals surface area (Å²) in [5.41, 5.74) is 3.76. The van der Waals surface area contributed by atoms with Gasteiger partial charge in [0.25, 0.3) is 0 Å². The standard InChI is InChI=1S/C14H19BrClN5/c1-9(2)7-21-14(18-8-19-21)6-13(20-17)11-5-10(15)3-4-12(11)16/h3-5,8-9,13,20H,6-7,17H2,1-2H3. The van der Waals surface area contributed by atoms with E-state index in [0.717, 1.165) is 22.4 Å². The SMILES string of the molecule is CC(C)Cn1ncnc1CC(NN)c1cc(Br)ccc1Cl. The highest BCUT2D eigenvalue weighted by Gasteiger charge is 2.18. The van der Waals surface area contributed by atoms with Gasteiger partial charge >= 0.3 is 0 Å². The zero-order chi connectivity index (χ0) is 15.4. The van der Waals surface area contributed by atoms with Crippen LogP contribution in [0.4, 0.5) is 0 Å². The summed E-state index contributed by atoms with van der Waals surface area (Å²) in [5, 5.41) is 4.95.